The number of benzene rings is 1. The van der Waals surface area contributed by atoms with Crippen molar-refractivity contribution >= 4 is 33.5 Å². The van der Waals surface area contributed by atoms with Gasteiger partial charge < -0.3 is 18.8 Å². The summed E-state index contributed by atoms with van der Waals surface area (Å²) in [7, 11) is -4.27. The van der Waals surface area contributed by atoms with Gasteiger partial charge in [0.2, 0.25) is 11.4 Å². The van der Waals surface area contributed by atoms with Crippen LogP contribution in [0.1, 0.15) is 116 Å². The minimum atomic E-state index is -4.27. The number of hydrogen-bond acceptors (Lipinski definition) is 9. The van der Waals surface area contributed by atoms with E-state index >= 15 is 0 Å². The maximum absolute atomic E-state index is 12.4. The van der Waals surface area contributed by atoms with Gasteiger partial charge in [-0.15, -0.1) is 0 Å². The lowest BCUT2D eigenvalue weighted by Gasteiger charge is -2.18. The van der Waals surface area contributed by atoms with Crippen LogP contribution < -0.4 is 4.57 Å². The molecule has 12 heteroatoms. The second kappa shape index (κ2) is 25.6. The number of nitrogens with zero attached hydrogens (tertiary/aromatic N) is 2. The fraction of sp³-hybridized carbons (Fsp3) is 0.703. The highest BCUT2D eigenvalue weighted by molar-refractivity contribution is 7.85. The molecule has 1 aliphatic rings. The molecule has 1 aromatic carbocycles. The van der Waals surface area contributed by atoms with Crippen molar-refractivity contribution in [3.63, 3.8) is 0 Å². The standard InChI is InChI=1S/C30H53N2O5S.C7H8O3S/c1-3-4-5-6-7-8-9-10-11-12-13-14-15-16-20-35-23-28-22-29(36-24-28)25-37-30(34)32(27(2)33)18-17-31-19-21-38-26-31;1-6-2-4-7(5-3-6)11(8,9)10/h19,21,26,28-29H,3-18,20,22-25H2,1-2H3;2-5H,1H3,(H,8,9,10)/q+1;/p-1. The van der Waals surface area contributed by atoms with E-state index in [0.717, 1.165) is 29.9 Å². The van der Waals surface area contributed by atoms with Crippen molar-refractivity contribution in [1.29, 1.82) is 0 Å². The average molecular weight is 725 g/mol. The van der Waals surface area contributed by atoms with Gasteiger partial charge in [-0.05, 0) is 31.9 Å². The van der Waals surface area contributed by atoms with Gasteiger partial charge in [0.05, 0.1) is 36.1 Å². The maximum Gasteiger partial charge on any atom is 0.416 e. The first-order valence-electron chi connectivity index (χ1n) is 18.2. The first-order chi connectivity index (χ1) is 23.6. The minimum absolute atomic E-state index is 0.131. The molecule has 1 aliphatic heterocycles. The van der Waals surface area contributed by atoms with E-state index < -0.39 is 16.2 Å². The van der Waals surface area contributed by atoms with Crippen molar-refractivity contribution in [3.05, 3.63) is 46.9 Å². The molecule has 1 aromatic heterocycles. The molecule has 0 spiro atoms. The third-order valence-electron chi connectivity index (χ3n) is 8.57. The fourth-order valence-corrected chi connectivity index (χ4v) is 6.69. The Hall–Kier alpha value is -2.38. The maximum atomic E-state index is 12.4. The highest BCUT2D eigenvalue weighted by atomic mass is 32.2. The normalized spacial score (nSPS) is 15.8. The van der Waals surface area contributed by atoms with Crippen LogP contribution in [-0.4, -0.2) is 68.9 Å². The topological polar surface area (TPSA) is 126 Å². The lowest BCUT2D eigenvalue weighted by atomic mass is 10.0. The number of unbranched alkanes of at least 4 members (excludes halogenated alkanes) is 13. The van der Waals surface area contributed by atoms with Crippen LogP contribution in [0.4, 0.5) is 4.79 Å². The van der Waals surface area contributed by atoms with E-state index in [1.54, 1.807) is 23.5 Å². The number of ether oxygens (including phenoxy) is 3. The number of carbonyl (C=O) groups excluding carboxylic acids is 2. The van der Waals surface area contributed by atoms with E-state index in [1.165, 1.54) is 103 Å². The molecule has 0 aliphatic carbocycles. The molecule has 10 nitrogen and oxygen atoms in total. The van der Waals surface area contributed by atoms with Crippen LogP contribution in [0.25, 0.3) is 0 Å². The van der Waals surface area contributed by atoms with E-state index in [0.29, 0.717) is 25.7 Å². The number of amides is 2. The number of aryl methyl sites for hydroxylation is 1. The first kappa shape index (κ1) is 42.8. The fourth-order valence-electron chi connectivity index (χ4n) is 5.59. The molecule has 0 bridgehead atoms. The smallest absolute Gasteiger partial charge is 0.416 e. The summed E-state index contributed by atoms with van der Waals surface area (Å²) in [4.78, 5) is 25.3. The Morgan fingerprint density at radius 2 is 1.53 bits per heavy atom. The second-order valence-corrected chi connectivity index (χ2v) is 15.1. The van der Waals surface area contributed by atoms with Crippen molar-refractivity contribution in [3.8, 4) is 0 Å². The van der Waals surface area contributed by atoms with Gasteiger partial charge in [-0.2, -0.15) is 4.57 Å². The van der Waals surface area contributed by atoms with Gasteiger partial charge >= 0.3 is 6.09 Å². The Kier molecular flexibility index (Phi) is 22.3. The van der Waals surface area contributed by atoms with Crippen LogP contribution in [0.2, 0.25) is 0 Å². The van der Waals surface area contributed by atoms with Gasteiger partial charge in [0.1, 0.15) is 16.7 Å². The molecular weight excluding hydrogens is 665 g/mol. The van der Waals surface area contributed by atoms with Crippen LogP contribution in [0.15, 0.2) is 46.2 Å². The zero-order valence-corrected chi connectivity index (χ0v) is 31.7. The van der Waals surface area contributed by atoms with Gasteiger partial charge in [-0.25, -0.2) is 18.1 Å². The van der Waals surface area contributed by atoms with Crippen LogP contribution in [0.5, 0.6) is 0 Å². The molecule has 1 saturated heterocycles. The Morgan fingerprint density at radius 1 is 0.939 bits per heavy atom. The van der Waals surface area contributed by atoms with Crippen molar-refractivity contribution in [1.82, 2.24) is 4.90 Å². The van der Waals surface area contributed by atoms with Gasteiger partial charge in [0.15, 0.2) is 12.7 Å². The second-order valence-electron chi connectivity index (χ2n) is 13.0. The van der Waals surface area contributed by atoms with Crippen molar-refractivity contribution in [2.45, 2.75) is 135 Å². The summed E-state index contributed by atoms with van der Waals surface area (Å²) >= 11 is 1.57. The summed E-state index contributed by atoms with van der Waals surface area (Å²) in [6.07, 6.45) is 21.1. The predicted octanol–water partition coefficient (Wildman–Crippen LogP) is 7.82. The highest BCUT2D eigenvalue weighted by Crippen LogP contribution is 2.21. The SMILES string of the molecule is CCCCCCCCCCCCCCCCOCC1COC(COC(=O)N(CC[n+]2ccsc2)C(C)=O)C1.Cc1ccc(S(=O)(=O)[O-])cc1. The molecule has 2 atom stereocenters. The highest BCUT2D eigenvalue weighted by Gasteiger charge is 2.28. The molecule has 0 radical (unpaired) electrons. The van der Waals surface area contributed by atoms with Gasteiger partial charge in [0, 0.05) is 19.4 Å². The third kappa shape index (κ3) is 20.2. The molecule has 0 N–H and O–H groups in total. The van der Waals surface area contributed by atoms with Crippen LogP contribution in [0.3, 0.4) is 0 Å². The summed E-state index contributed by atoms with van der Waals surface area (Å²) in [5.74, 6) is 0.0252. The zero-order chi connectivity index (χ0) is 35.7. The molecule has 49 heavy (non-hydrogen) atoms. The molecule has 0 saturated carbocycles. The summed E-state index contributed by atoms with van der Waals surface area (Å²) in [6, 6.07) is 5.78. The minimum Gasteiger partial charge on any atom is -0.744 e. The number of imide groups is 1. The molecule has 3 rings (SSSR count). The quantitative estimate of drug-likeness (QED) is 0.0645. The molecule has 2 unspecified atom stereocenters. The molecule has 278 valence electrons. The Balaban J connectivity index is 0.000000639. The van der Waals surface area contributed by atoms with E-state index in [1.807, 2.05) is 28.6 Å². The summed E-state index contributed by atoms with van der Waals surface area (Å²) in [6.45, 7) is 8.63. The van der Waals surface area contributed by atoms with Crippen molar-refractivity contribution < 1.29 is 41.3 Å². The molecule has 2 aromatic rings. The van der Waals surface area contributed by atoms with Crippen LogP contribution in [0, 0.1) is 12.8 Å². The Labute approximate surface area is 299 Å². The molecule has 1 fully saturated rings. The Morgan fingerprint density at radius 3 is 2.06 bits per heavy atom. The zero-order valence-electron chi connectivity index (χ0n) is 30.0. The van der Waals surface area contributed by atoms with Gasteiger partial charge in [0.25, 0.3) is 0 Å². The number of aromatic nitrogens is 1. The number of hydrogen-bond donors (Lipinski definition) is 0. The first-order valence-corrected chi connectivity index (χ1v) is 20.5. The molecule has 2 heterocycles. The summed E-state index contributed by atoms with van der Waals surface area (Å²) in [5, 5.41) is 1.95. The van der Waals surface area contributed by atoms with E-state index in [-0.39, 0.29) is 30.1 Å². The molecule has 2 amide bonds. The number of rotatable bonds is 23. The third-order valence-corrected chi connectivity index (χ3v) is 10.1. The van der Waals surface area contributed by atoms with Crippen LogP contribution >= 0.6 is 11.3 Å². The summed E-state index contributed by atoms with van der Waals surface area (Å²) < 4.78 is 50.2. The predicted molar refractivity (Wildman–Crippen MR) is 191 cm³/mol. The monoisotopic (exact) mass is 724 g/mol. The Bertz CT molecular complexity index is 1260. The largest absolute Gasteiger partial charge is 0.744 e. The van der Waals surface area contributed by atoms with Gasteiger partial charge in [-0.1, -0.05) is 119 Å². The number of thiazole rings is 1. The molecular formula is C37H60N2O8S2. The number of carbonyl (C=O) groups is 2. The lowest BCUT2D eigenvalue weighted by molar-refractivity contribution is -0.691. The van der Waals surface area contributed by atoms with Crippen molar-refractivity contribution in [2.24, 2.45) is 5.92 Å². The lowest BCUT2D eigenvalue weighted by Crippen LogP contribution is -2.44. The van der Waals surface area contributed by atoms with E-state index in [2.05, 4.69) is 6.92 Å². The average Bonchev–Trinajstić information content (AvgIpc) is 3.76. The van der Waals surface area contributed by atoms with E-state index in [4.69, 9.17) is 14.2 Å². The van der Waals surface area contributed by atoms with Gasteiger partial charge in [-0.3, -0.25) is 4.79 Å². The summed E-state index contributed by atoms with van der Waals surface area (Å²) in [5.41, 5.74) is 2.87. The van der Waals surface area contributed by atoms with Crippen LogP contribution in [-0.2, 0) is 35.7 Å². The van der Waals surface area contributed by atoms with E-state index in [9.17, 15) is 22.6 Å². The van der Waals surface area contributed by atoms with Crippen molar-refractivity contribution in [2.75, 3.05) is 33.0 Å².